The van der Waals surface area contributed by atoms with Gasteiger partial charge in [-0.15, -0.1) is 0 Å². The molecule has 0 bridgehead atoms. The zero-order valence-electron chi connectivity index (χ0n) is 6.93. The zero-order valence-corrected chi connectivity index (χ0v) is 12.2. The molecule has 0 heterocycles. The molecule has 0 N–H and O–H groups in total. The maximum atomic E-state index is 5.13. The van der Waals surface area contributed by atoms with Crippen LogP contribution in [0.5, 0.6) is 0 Å². The van der Waals surface area contributed by atoms with Crippen LogP contribution in [0.4, 0.5) is 0 Å². The predicted octanol–water partition coefficient (Wildman–Crippen LogP) is -1.42. The van der Waals surface area contributed by atoms with Crippen molar-refractivity contribution < 1.29 is 51.4 Å². The molecule has 0 spiro atoms. The molecule has 0 nitrogen and oxygen atoms in total. The van der Waals surface area contributed by atoms with E-state index < -0.39 is 0 Å². The van der Waals surface area contributed by atoms with Crippen LogP contribution in [0.1, 0.15) is 6.42 Å². The summed E-state index contributed by atoms with van der Waals surface area (Å²) in [7, 11) is 12.6. The van der Waals surface area contributed by atoms with Crippen molar-refractivity contribution >= 4 is 33.1 Å². The van der Waals surface area contributed by atoms with Crippen molar-refractivity contribution in [3.05, 3.63) is 20.4 Å². The maximum absolute atomic E-state index is 5.13. The van der Waals surface area contributed by atoms with Crippen LogP contribution in [-0.4, -0.2) is 21.6 Å². The Balaban J connectivity index is -0.0000000326. The van der Waals surface area contributed by atoms with Gasteiger partial charge in [0.2, 0.25) is 0 Å². The SMILES string of the molecule is [B]PCC[CH2-].[B][CH-]P.[CH3-].[K+]. The van der Waals surface area contributed by atoms with E-state index in [9.17, 15) is 0 Å². The average molecular weight is 196 g/mol. The molecule has 0 aromatic heterocycles. The zero-order chi connectivity index (χ0) is 6.83. The van der Waals surface area contributed by atoms with E-state index in [0.717, 1.165) is 12.6 Å². The van der Waals surface area contributed by atoms with E-state index in [0.29, 0.717) is 8.46 Å². The molecule has 0 amide bonds. The Kier molecular flexibility index (Phi) is 68.6. The van der Waals surface area contributed by atoms with Gasteiger partial charge in [-0.2, -0.15) is 22.7 Å². The Hall–Kier alpha value is 2.63. The molecule has 0 aliphatic heterocycles. The van der Waals surface area contributed by atoms with Crippen molar-refractivity contribution in [2.24, 2.45) is 0 Å². The van der Waals surface area contributed by atoms with Gasteiger partial charge in [-0.05, 0) is 0 Å². The number of hydrogen-bond donors (Lipinski definition) is 0. The van der Waals surface area contributed by atoms with Crippen molar-refractivity contribution in [1.82, 2.24) is 0 Å². The number of rotatable bonds is 2. The molecule has 0 aromatic rings. The molecule has 0 saturated carbocycles. The van der Waals surface area contributed by atoms with E-state index in [4.69, 9.17) is 7.57 Å². The molecule has 0 fully saturated rings. The van der Waals surface area contributed by atoms with Gasteiger partial charge in [0, 0.05) is 0 Å². The Labute approximate surface area is 116 Å². The fourth-order valence-corrected chi connectivity index (χ4v) is 0.306. The van der Waals surface area contributed by atoms with E-state index in [1.54, 1.807) is 0 Å². The van der Waals surface area contributed by atoms with Crippen molar-refractivity contribution in [3.63, 3.8) is 0 Å². The van der Waals surface area contributed by atoms with Gasteiger partial charge in [0.15, 0.2) is 0 Å². The second kappa shape index (κ2) is 29.9. The van der Waals surface area contributed by atoms with Crippen LogP contribution in [0, 0.1) is 20.4 Å². The maximum Gasteiger partial charge on any atom is 1.00 e. The van der Waals surface area contributed by atoms with E-state index in [1.165, 1.54) is 6.06 Å². The van der Waals surface area contributed by atoms with Gasteiger partial charge in [-0.25, -0.2) is 0 Å². The summed E-state index contributed by atoms with van der Waals surface area (Å²) in [4.78, 5) is 0. The third-order valence-corrected chi connectivity index (χ3v) is 0.963. The normalized spacial score (nSPS) is 7.00. The molecule has 0 aliphatic rings. The summed E-state index contributed by atoms with van der Waals surface area (Å²) in [5.74, 6) is 0. The standard InChI is InChI=1S/C3H7BP.CH3BP.CH3.K/c1-2-3-5-4;2-1-3;;/h5H,1-3H2;1H,3H2;1H3;/q3*-1;+1. The monoisotopic (exact) mass is 196 g/mol. The van der Waals surface area contributed by atoms with Gasteiger partial charge in [0.05, 0.1) is 0 Å². The first-order valence-corrected chi connectivity index (χ1v) is 4.26. The van der Waals surface area contributed by atoms with Crippen LogP contribution in [-0.2, 0) is 0 Å². The van der Waals surface area contributed by atoms with Crippen molar-refractivity contribution in [2.45, 2.75) is 6.42 Å². The van der Waals surface area contributed by atoms with E-state index in [1.807, 2.05) is 0 Å². The van der Waals surface area contributed by atoms with Crippen molar-refractivity contribution in [3.8, 4) is 0 Å². The molecule has 10 heavy (non-hydrogen) atoms. The molecular weight excluding hydrogens is 183 g/mol. The molecular formula is C5H13B2KP2-2. The summed E-state index contributed by atoms with van der Waals surface area (Å²) < 4.78 is 0. The summed E-state index contributed by atoms with van der Waals surface area (Å²) in [6.07, 6.45) is 2.06. The van der Waals surface area contributed by atoms with Crippen LogP contribution in [0.2, 0.25) is 0 Å². The molecule has 2 atom stereocenters. The van der Waals surface area contributed by atoms with Gasteiger partial charge in [-0.1, -0.05) is 6.16 Å². The first-order valence-electron chi connectivity index (χ1n) is 2.31. The minimum absolute atomic E-state index is 0. The third-order valence-electron chi connectivity index (χ3n) is 0.321. The van der Waals surface area contributed by atoms with Crippen LogP contribution in [0.15, 0.2) is 0 Å². The Morgan fingerprint density at radius 3 is 1.90 bits per heavy atom. The van der Waals surface area contributed by atoms with Gasteiger partial charge in [0.25, 0.3) is 0 Å². The molecule has 4 radical (unpaired) electrons. The van der Waals surface area contributed by atoms with Crippen molar-refractivity contribution in [2.75, 3.05) is 6.16 Å². The quantitative estimate of drug-likeness (QED) is 0.288. The van der Waals surface area contributed by atoms with E-state index in [-0.39, 0.29) is 58.8 Å². The minimum atomic E-state index is 0. The minimum Gasteiger partial charge on any atom is -0.358 e. The Bertz CT molecular complexity index is 31.6. The fraction of sp³-hybridized carbons (Fsp3) is 0.400. The summed E-state index contributed by atoms with van der Waals surface area (Å²) >= 11 is 0. The van der Waals surface area contributed by atoms with Crippen LogP contribution < -0.4 is 51.4 Å². The summed E-state index contributed by atoms with van der Waals surface area (Å²) in [6.45, 7) is 3.60. The van der Waals surface area contributed by atoms with E-state index in [2.05, 4.69) is 24.0 Å². The predicted molar refractivity (Wildman–Crippen MR) is 55.1 cm³/mol. The van der Waals surface area contributed by atoms with Crippen LogP contribution >= 0.6 is 17.7 Å². The average Bonchev–Trinajstić information content (AvgIpc) is 1.71. The molecule has 2 unspecified atom stereocenters. The largest absolute Gasteiger partial charge is 1.00 e. The van der Waals surface area contributed by atoms with Gasteiger partial charge in [0.1, 0.15) is 7.57 Å². The first kappa shape index (κ1) is 22.9. The molecule has 0 aromatic carbocycles. The summed E-state index contributed by atoms with van der Waals surface area (Å²) in [6, 6.07) is 1.42. The van der Waals surface area contributed by atoms with Crippen LogP contribution in [0.3, 0.4) is 0 Å². The fourth-order valence-electron chi connectivity index (χ4n) is 0.102. The summed E-state index contributed by atoms with van der Waals surface area (Å²) in [5.41, 5.74) is 0. The summed E-state index contributed by atoms with van der Waals surface area (Å²) in [5, 5.41) is 0. The topological polar surface area (TPSA) is 0 Å². The second-order valence-electron chi connectivity index (χ2n) is 1.00. The van der Waals surface area contributed by atoms with Gasteiger partial charge in [-0.3, -0.25) is 0 Å². The first-order chi connectivity index (χ1) is 3.83. The van der Waals surface area contributed by atoms with Crippen molar-refractivity contribution in [1.29, 1.82) is 0 Å². The van der Waals surface area contributed by atoms with Gasteiger partial charge >= 0.3 is 51.4 Å². The van der Waals surface area contributed by atoms with Crippen LogP contribution in [0.25, 0.3) is 0 Å². The third kappa shape index (κ3) is 46.0. The number of hydrogen-bond acceptors (Lipinski definition) is 0. The van der Waals surface area contributed by atoms with E-state index >= 15 is 0 Å². The van der Waals surface area contributed by atoms with Gasteiger partial charge < -0.3 is 29.7 Å². The molecule has 0 rings (SSSR count). The molecule has 0 aliphatic carbocycles. The Morgan fingerprint density at radius 2 is 1.90 bits per heavy atom. The molecule has 52 valence electrons. The molecule has 5 heteroatoms. The Morgan fingerprint density at radius 1 is 1.60 bits per heavy atom. The second-order valence-corrected chi connectivity index (χ2v) is 2.29. The smallest absolute Gasteiger partial charge is 0.358 e. The molecule has 0 saturated heterocycles.